The minimum Gasteiger partial charge on any atom is -0.294 e. The van der Waals surface area contributed by atoms with Crippen LogP contribution in [0.25, 0.3) is 0 Å². The number of rotatable bonds is 3. The van der Waals surface area contributed by atoms with E-state index in [-0.39, 0.29) is 17.5 Å². The second kappa shape index (κ2) is 5.49. The fourth-order valence-corrected chi connectivity index (χ4v) is 2.00. The highest BCUT2D eigenvalue weighted by Gasteiger charge is 2.15. The van der Waals surface area contributed by atoms with E-state index in [1.165, 1.54) is 24.3 Å². The van der Waals surface area contributed by atoms with Gasteiger partial charge >= 0.3 is 0 Å². The zero-order valence-electron chi connectivity index (χ0n) is 10.2. The molecule has 0 aliphatic rings. The Kier molecular flexibility index (Phi) is 3.96. The normalized spacial score (nSPS) is 10.5. The first kappa shape index (κ1) is 13.7. The molecule has 0 aromatic heterocycles. The number of Topliss-reactive ketones (excluding diaryl/α,β-unsaturated/α-hetero) is 1. The lowest BCUT2D eigenvalue weighted by atomic mass is 10.0. The van der Waals surface area contributed by atoms with E-state index in [0.29, 0.717) is 10.6 Å². The Labute approximate surface area is 114 Å². The average molecular weight is 281 g/mol. The SMILES string of the molecule is Cc1cccc(C(=O)Cc2cc(Cl)ccc2F)c1F. The van der Waals surface area contributed by atoms with Crippen LogP contribution in [-0.2, 0) is 6.42 Å². The Bertz CT molecular complexity index is 638. The summed E-state index contributed by atoms with van der Waals surface area (Å²) in [6.07, 6.45) is -0.216. The molecule has 2 aromatic carbocycles. The van der Waals surface area contributed by atoms with Crippen molar-refractivity contribution in [3.8, 4) is 0 Å². The third-order valence-electron chi connectivity index (χ3n) is 2.85. The van der Waals surface area contributed by atoms with E-state index in [2.05, 4.69) is 0 Å². The van der Waals surface area contributed by atoms with Gasteiger partial charge in [-0.1, -0.05) is 23.7 Å². The maximum atomic E-state index is 13.8. The van der Waals surface area contributed by atoms with Gasteiger partial charge in [-0.05, 0) is 42.3 Å². The molecule has 0 heterocycles. The highest BCUT2D eigenvalue weighted by Crippen LogP contribution is 2.19. The quantitative estimate of drug-likeness (QED) is 0.764. The van der Waals surface area contributed by atoms with Crippen LogP contribution in [0.15, 0.2) is 36.4 Å². The van der Waals surface area contributed by atoms with Crippen LogP contribution < -0.4 is 0 Å². The van der Waals surface area contributed by atoms with Crippen LogP contribution in [0.4, 0.5) is 8.78 Å². The third kappa shape index (κ3) is 2.99. The van der Waals surface area contributed by atoms with Gasteiger partial charge in [0.1, 0.15) is 11.6 Å². The highest BCUT2D eigenvalue weighted by atomic mass is 35.5. The Balaban J connectivity index is 2.31. The minimum absolute atomic E-state index is 0.0284. The molecule has 0 aliphatic heterocycles. The van der Waals surface area contributed by atoms with E-state index in [0.717, 1.165) is 0 Å². The lowest BCUT2D eigenvalue weighted by molar-refractivity contribution is 0.0988. The van der Waals surface area contributed by atoms with Crippen molar-refractivity contribution >= 4 is 17.4 Å². The van der Waals surface area contributed by atoms with Gasteiger partial charge in [0.2, 0.25) is 0 Å². The first-order valence-corrected chi connectivity index (χ1v) is 6.09. The molecule has 0 saturated carbocycles. The van der Waals surface area contributed by atoms with E-state index in [1.807, 2.05) is 0 Å². The van der Waals surface area contributed by atoms with Crippen LogP contribution >= 0.6 is 11.6 Å². The van der Waals surface area contributed by atoms with Crippen molar-refractivity contribution in [2.24, 2.45) is 0 Å². The Hall–Kier alpha value is -1.74. The van der Waals surface area contributed by atoms with Crippen LogP contribution in [0.1, 0.15) is 21.5 Å². The number of halogens is 3. The molecule has 0 atom stereocenters. The van der Waals surface area contributed by atoms with Crippen molar-refractivity contribution in [1.29, 1.82) is 0 Å². The summed E-state index contributed by atoms with van der Waals surface area (Å²) in [5.41, 5.74) is 0.523. The number of hydrogen-bond acceptors (Lipinski definition) is 1. The summed E-state index contributed by atoms with van der Waals surface area (Å²) in [6.45, 7) is 1.58. The molecule has 0 aliphatic carbocycles. The number of hydrogen-bond donors (Lipinski definition) is 0. The topological polar surface area (TPSA) is 17.1 Å². The van der Waals surface area contributed by atoms with Gasteiger partial charge in [0.05, 0.1) is 5.56 Å². The predicted molar refractivity (Wildman–Crippen MR) is 70.6 cm³/mol. The van der Waals surface area contributed by atoms with Gasteiger partial charge in [0.15, 0.2) is 5.78 Å². The van der Waals surface area contributed by atoms with Gasteiger partial charge in [-0.25, -0.2) is 8.78 Å². The Morgan fingerprint density at radius 2 is 1.95 bits per heavy atom. The summed E-state index contributed by atoms with van der Waals surface area (Å²) in [5, 5.41) is 0.342. The molecule has 0 saturated heterocycles. The van der Waals surface area contributed by atoms with Gasteiger partial charge in [-0.15, -0.1) is 0 Å². The minimum atomic E-state index is -0.560. The molecule has 2 rings (SSSR count). The van der Waals surface area contributed by atoms with Gasteiger partial charge in [0.25, 0.3) is 0 Å². The molecule has 98 valence electrons. The van der Waals surface area contributed by atoms with Crippen molar-refractivity contribution < 1.29 is 13.6 Å². The smallest absolute Gasteiger partial charge is 0.170 e. The molecule has 0 bridgehead atoms. The molecule has 1 nitrogen and oxygen atoms in total. The summed E-state index contributed by atoms with van der Waals surface area (Å²) < 4.78 is 27.3. The second-order valence-corrected chi connectivity index (χ2v) is 4.71. The Morgan fingerprint density at radius 3 is 2.68 bits per heavy atom. The highest BCUT2D eigenvalue weighted by molar-refractivity contribution is 6.30. The second-order valence-electron chi connectivity index (χ2n) is 4.27. The van der Waals surface area contributed by atoms with Crippen molar-refractivity contribution in [2.75, 3.05) is 0 Å². The van der Waals surface area contributed by atoms with Crippen LogP contribution in [-0.4, -0.2) is 5.78 Å². The van der Waals surface area contributed by atoms with Crippen LogP contribution in [0.3, 0.4) is 0 Å². The van der Waals surface area contributed by atoms with Crippen molar-refractivity contribution in [1.82, 2.24) is 0 Å². The maximum absolute atomic E-state index is 13.8. The summed E-state index contributed by atoms with van der Waals surface area (Å²) in [7, 11) is 0. The first-order valence-electron chi connectivity index (χ1n) is 5.71. The summed E-state index contributed by atoms with van der Waals surface area (Å²) >= 11 is 5.75. The molecule has 2 aromatic rings. The first-order chi connectivity index (χ1) is 8.99. The largest absolute Gasteiger partial charge is 0.294 e. The van der Waals surface area contributed by atoms with E-state index >= 15 is 0 Å². The summed E-state index contributed by atoms with van der Waals surface area (Å²) in [4.78, 5) is 12.0. The van der Waals surface area contributed by atoms with Gasteiger partial charge in [0, 0.05) is 11.4 Å². The fourth-order valence-electron chi connectivity index (χ4n) is 1.81. The number of carbonyl (C=O) groups is 1. The van der Waals surface area contributed by atoms with Gasteiger partial charge in [-0.3, -0.25) is 4.79 Å². The third-order valence-corrected chi connectivity index (χ3v) is 3.09. The molecule has 0 N–H and O–H groups in total. The zero-order chi connectivity index (χ0) is 14.0. The zero-order valence-corrected chi connectivity index (χ0v) is 11.0. The number of ketones is 1. The molecule has 0 spiro atoms. The van der Waals surface area contributed by atoms with Crippen LogP contribution in [0.2, 0.25) is 5.02 Å². The summed E-state index contributed by atoms with van der Waals surface area (Å²) in [6, 6.07) is 8.54. The van der Waals surface area contributed by atoms with Crippen LogP contribution in [0.5, 0.6) is 0 Å². The molecule has 0 fully saturated rings. The lowest BCUT2D eigenvalue weighted by Gasteiger charge is -2.06. The number of aryl methyl sites for hydroxylation is 1. The number of carbonyl (C=O) groups excluding carboxylic acids is 1. The monoisotopic (exact) mass is 280 g/mol. The fraction of sp³-hybridized carbons (Fsp3) is 0.133. The van der Waals surface area contributed by atoms with E-state index in [1.54, 1.807) is 19.1 Å². The maximum Gasteiger partial charge on any atom is 0.170 e. The van der Waals surface area contributed by atoms with Crippen LogP contribution in [0, 0.1) is 18.6 Å². The molecular formula is C15H11ClF2O. The molecule has 4 heteroatoms. The summed E-state index contributed by atoms with van der Waals surface area (Å²) in [5.74, 6) is -1.55. The van der Waals surface area contributed by atoms with Crippen molar-refractivity contribution in [2.45, 2.75) is 13.3 Å². The molecule has 0 unspecified atom stereocenters. The van der Waals surface area contributed by atoms with Crippen molar-refractivity contribution in [3.63, 3.8) is 0 Å². The number of benzene rings is 2. The standard InChI is InChI=1S/C15H11ClF2O/c1-9-3-2-4-12(15(9)18)14(19)8-10-7-11(16)5-6-13(10)17/h2-7H,8H2,1H3. The molecule has 0 amide bonds. The van der Waals surface area contributed by atoms with E-state index in [9.17, 15) is 13.6 Å². The molecular weight excluding hydrogens is 270 g/mol. The van der Waals surface area contributed by atoms with Gasteiger partial charge < -0.3 is 0 Å². The van der Waals surface area contributed by atoms with E-state index < -0.39 is 17.4 Å². The predicted octanol–water partition coefficient (Wildman–Crippen LogP) is 4.35. The molecule has 19 heavy (non-hydrogen) atoms. The lowest BCUT2D eigenvalue weighted by Crippen LogP contribution is -2.08. The van der Waals surface area contributed by atoms with Gasteiger partial charge in [-0.2, -0.15) is 0 Å². The van der Waals surface area contributed by atoms with E-state index in [4.69, 9.17) is 11.6 Å². The Morgan fingerprint density at radius 1 is 1.21 bits per heavy atom. The average Bonchev–Trinajstić information content (AvgIpc) is 2.37. The molecule has 0 radical (unpaired) electrons. The van der Waals surface area contributed by atoms with Crippen molar-refractivity contribution in [3.05, 3.63) is 69.7 Å².